The summed E-state index contributed by atoms with van der Waals surface area (Å²) in [6.45, 7) is 1.42. The first-order valence-electron chi connectivity index (χ1n) is 8.27. The Morgan fingerprint density at radius 3 is 2.80 bits per heavy atom. The molecule has 0 aromatic rings. The molecule has 12 heteroatoms. The molecular weight excluding hydrogens is 356 g/mol. The maximum absolute atomic E-state index is 12.3. The predicted molar refractivity (Wildman–Crippen MR) is 83.1 cm³/mol. The third-order valence-corrected chi connectivity index (χ3v) is 5.02. The van der Waals surface area contributed by atoms with Gasteiger partial charge in [0.2, 0.25) is 0 Å². The molecule has 3 atom stereocenters. The van der Waals surface area contributed by atoms with E-state index in [1.165, 1.54) is 4.90 Å². The summed E-state index contributed by atoms with van der Waals surface area (Å²) in [5.74, 6) is -0.462. The molecule has 0 radical (unpaired) electrons. The predicted octanol–water partition coefficient (Wildman–Crippen LogP) is -0.821. The Hall–Kier alpha value is -1.47. The third-order valence-electron chi connectivity index (χ3n) is 4.67. The molecule has 25 heavy (non-hydrogen) atoms. The van der Waals surface area contributed by atoms with Crippen molar-refractivity contribution in [3.63, 3.8) is 0 Å². The highest BCUT2D eigenvalue weighted by Gasteiger charge is 2.49. The Kier molecular flexibility index (Phi) is 5.43. The maximum atomic E-state index is 12.3. The zero-order valence-corrected chi connectivity index (χ0v) is 14.4. The average molecular weight is 378 g/mol. The maximum Gasteiger partial charge on any atom is 0.418 e. The Labute approximate surface area is 145 Å². The van der Waals surface area contributed by atoms with E-state index < -0.39 is 34.4 Å². The van der Waals surface area contributed by atoms with Crippen molar-refractivity contribution >= 4 is 22.3 Å². The standard InChI is InChI=1S/C13H22N4O7S/c18-12(15-23-8-9-3-1-2-6-14-9)11-5-4-10-7-16(11)13(19)17(10)24-25(20,21)22/h9-11,14H,1-8H2,(H,15,18)(H,20,21,22)/t9?,10-,11-/m0/s1. The number of nitrogens with one attached hydrogen (secondary N) is 2. The lowest BCUT2D eigenvalue weighted by Gasteiger charge is -2.29. The number of hydrogen-bond donors (Lipinski definition) is 3. The highest BCUT2D eigenvalue weighted by Crippen LogP contribution is 2.30. The van der Waals surface area contributed by atoms with Crippen molar-refractivity contribution in [2.45, 2.75) is 50.2 Å². The molecule has 3 amide bonds. The van der Waals surface area contributed by atoms with Gasteiger partial charge in [-0.2, -0.15) is 13.5 Å². The minimum atomic E-state index is -4.80. The van der Waals surface area contributed by atoms with Gasteiger partial charge in [-0.3, -0.25) is 14.2 Å². The van der Waals surface area contributed by atoms with Crippen molar-refractivity contribution in [1.82, 2.24) is 20.8 Å². The molecule has 3 aliphatic rings. The van der Waals surface area contributed by atoms with Crippen LogP contribution in [-0.2, 0) is 24.3 Å². The van der Waals surface area contributed by atoms with Gasteiger partial charge in [0.1, 0.15) is 6.04 Å². The summed E-state index contributed by atoms with van der Waals surface area (Å²) in [5, 5.41) is 3.90. The highest BCUT2D eigenvalue weighted by atomic mass is 32.3. The van der Waals surface area contributed by atoms with E-state index in [0.717, 1.165) is 25.8 Å². The first kappa shape index (κ1) is 18.3. The molecule has 3 aliphatic heterocycles. The van der Waals surface area contributed by atoms with Gasteiger partial charge in [-0.1, -0.05) is 6.42 Å². The minimum Gasteiger partial charge on any atom is -0.312 e. The van der Waals surface area contributed by atoms with Crippen LogP contribution in [0.1, 0.15) is 32.1 Å². The highest BCUT2D eigenvalue weighted by molar-refractivity contribution is 7.80. The molecule has 3 fully saturated rings. The number of urea groups is 1. The molecule has 11 nitrogen and oxygen atoms in total. The van der Waals surface area contributed by atoms with Crippen LogP contribution in [-0.4, -0.2) is 72.7 Å². The van der Waals surface area contributed by atoms with Crippen LogP contribution in [0.4, 0.5) is 4.79 Å². The van der Waals surface area contributed by atoms with Gasteiger partial charge < -0.3 is 10.2 Å². The lowest BCUT2D eigenvalue weighted by atomic mass is 10.0. The fraction of sp³-hybridized carbons (Fsp3) is 0.846. The molecule has 0 aromatic heterocycles. The monoisotopic (exact) mass is 378 g/mol. The molecule has 0 aliphatic carbocycles. The van der Waals surface area contributed by atoms with E-state index in [9.17, 15) is 18.0 Å². The Bertz CT molecular complexity index is 622. The number of piperidine rings is 2. The van der Waals surface area contributed by atoms with Crippen molar-refractivity contribution < 1.29 is 31.7 Å². The second-order valence-corrected chi connectivity index (χ2v) is 7.44. The Morgan fingerprint density at radius 1 is 1.32 bits per heavy atom. The summed E-state index contributed by atoms with van der Waals surface area (Å²) in [6, 6.07) is -1.87. The van der Waals surface area contributed by atoms with Crippen LogP contribution < -0.4 is 10.8 Å². The number of rotatable bonds is 6. The summed E-state index contributed by atoms with van der Waals surface area (Å²) < 4.78 is 34.8. The van der Waals surface area contributed by atoms with Crippen molar-refractivity contribution in [1.29, 1.82) is 0 Å². The lowest BCUT2D eigenvalue weighted by Crippen LogP contribution is -2.50. The fourth-order valence-corrected chi connectivity index (χ4v) is 3.84. The van der Waals surface area contributed by atoms with E-state index in [-0.39, 0.29) is 12.6 Å². The fourth-order valence-electron chi connectivity index (χ4n) is 3.45. The summed E-state index contributed by atoms with van der Waals surface area (Å²) >= 11 is 0. The summed E-state index contributed by atoms with van der Waals surface area (Å²) in [4.78, 5) is 31.0. The largest absolute Gasteiger partial charge is 0.418 e. The van der Waals surface area contributed by atoms with E-state index in [0.29, 0.717) is 24.5 Å². The van der Waals surface area contributed by atoms with Gasteiger partial charge in [-0.15, -0.1) is 4.28 Å². The van der Waals surface area contributed by atoms with E-state index >= 15 is 0 Å². The molecular formula is C13H22N4O7S. The van der Waals surface area contributed by atoms with E-state index in [1.54, 1.807) is 0 Å². The number of hydrogen-bond acceptors (Lipinski definition) is 7. The molecule has 3 heterocycles. The number of carbonyl (C=O) groups is 2. The van der Waals surface area contributed by atoms with Crippen LogP contribution in [0.2, 0.25) is 0 Å². The topological polar surface area (TPSA) is 138 Å². The van der Waals surface area contributed by atoms with Crippen molar-refractivity contribution in [3.8, 4) is 0 Å². The molecule has 3 saturated heterocycles. The molecule has 0 spiro atoms. The van der Waals surface area contributed by atoms with Gasteiger partial charge in [0.15, 0.2) is 0 Å². The zero-order valence-electron chi connectivity index (χ0n) is 13.6. The average Bonchev–Trinajstić information content (AvgIpc) is 2.79. The normalized spacial score (nSPS) is 29.8. The molecule has 2 bridgehead atoms. The van der Waals surface area contributed by atoms with Gasteiger partial charge in [0, 0.05) is 12.6 Å². The summed E-state index contributed by atoms with van der Waals surface area (Å²) in [6.07, 6.45) is 3.95. The molecule has 0 saturated carbocycles. The number of hydroxylamine groups is 3. The first-order valence-corrected chi connectivity index (χ1v) is 9.63. The molecule has 3 rings (SSSR count). The number of nitrogens with zero attached hydrogens (tertiary/aromatic N) is 2. The van der Waals surface area contributed by atoms with Gasteiger partial charge in [-0.05, 0) is 32.2 Å². The number of fused-ring (bicyclic) bond motifs is 2. The van der Waals surface area contributed by atoms with Crippen molar-refractivity contribution in [2.24, 2.45) is 0 Å². The lowest BCUT2D eigenvalue weighted by molar-refractivity contribution is -0.139. The third kappa shape index (κ3) is 4.39. The Morgan fingerprint density at radius 2 is 2.12 bits per heavy atom. The van der Waals surface area contributed by atoms with Crippen molar-refractivity contribution in [2.75, 3.05) is 19.7 Å². The summed E-state index contributed by atoms with van der Waals surface area (Å²) in [5.41, 5.74) is 2.37. The van der Waals surface area contributed by atoms with Crippen LogP contribution in [0.3, 0.4) is 0 Å². The van der Waals surface area contributed by atoms with Gasteiger partial charge >= 0.3 is 16.4 Å². The SMILES string of the molecule is O=C(NOCC1CCCCN1)[C@@H]1CC[C@H]2CN1C(=O)N2OS(=O)(=O)O. The zero-order chi connectivity index (χ0) is 18.0. The molecule has 142 valence electrons. The number of amides is 3. The van der Waals surface area contributed by atoms with Crippen molar-refractivity contribution in [3.05, 3.63) is 0 Å². The second kappa shape index (κ2) is 7.41. The van der Waals surface area contributed by atoms with Crippen LogP contribution in [0, 0.1) is 0 Å². The van der Waals surface area contributed by atoms with E-state index in [4.69, 9.17) is 9.39 Å². The Balaban J connectivity index is 1.51. The van der Waals surface area contributed by atoms with Crippen LogP contribution in [0.25, 0.3) is 0 Å². The van der Waals surface area contributed by atoms with E-state index in [2.05, 4.69) is 15.1 Å². The van der Waals surface area contributed by atoms with Crippen LogP contribution in [0.5, 0.6) is 0 Å². The number of carbonyl (C=O) groups excluding carboxylic acids is 2. The van der Waals surface area contributed by atoms with Crippen LogP contribution in [0.15, 0.2) is 0 Å². The molecule has 0 aromatic carbocycles. The van der Waals surface area contributed by atoms with Gasteiger partial charge in [0.25, 0.3) is 5.91 Å². The molecule has 3 N–H and O–H groups in total. The first-order chi connectivity index (χ1) is 11.8. The summed E-state index contributed by atoms with van der Waals surface area (Å²) in [7, 11) is -4.80. The smallest absolute Gasteiger partial charge is 0.312 e. The van der Waals surface area contributed by atoms with Gasteiger partial charge in [-0.25, -0.2) is 10.3 Å². The molecule has 1 unspecified atom stereocenters. The quantitative estimate of drug-likeness (QED) is 0.403. The van der Waals surface area contributed by atoms with Gasteiger partial charge in [0.05, 0.1) is 12.6 Å². The second-order valence-electron chi connectivity index (χ2n) is 6.43. The van der Waals surface area contributed by atoms with Crippen LogP contribution >= 0.6 is 0 Å². The van der Waals surface area contributed by atoms with E-state index in [1.807, 2.05) is 0 Å². The minimum absolute atomic E-state index is 0.149.